The highest BCUT2D eigenvalue weighted by Crippen LogP contribution is 2.35. The van der Waals surface area contributed by atoms with Gasteiger partial charge in [-0.15, -0.1) is 0 Å². The molecule has 2 N–H and O–H groups in total. The predicted octanol–water partition coefficient (Wildman–Crippen LogP) is 2.45. The van der Waals surface area contributed by atoms with Gasteiger partial charge in [0.25, 0.3) is 0 Å². The molecule has 1 amide bonds. The number of hydrogen-bond donors (Lipinski definition) is 1. The molecule has 1 unspecified atom stereocenters. The molecule has 19 heavy (non-hydrogen) atoms. The van der Waals surface area contributed by atoms with E-state index in [-0.39, 0.29) is 12.0 Å². The molecule has 1 atom stereocenters. The van der Waals surface area contributed by atoms with Crippen molar-refractivity contribution < 1.29 is 9.53 Å². The Hall–Kier alpha value is -1.55. The zero-order chi connectivity index (χ0) is 13.8. The summed E-state index contributed by atoms with van der Waals surface area (Å²) < 4.78 is 5.93. The van der Waals surface area contributed by atoms with E-state index in [0.717, 1.165) is 29.8 Å². The quantitative estimate of drug-likeness (QED) is 0.906. The lowest BCUT2D eigenvalue weighted by atomic mass is 10.1. The van der Waals surface area contributed by atoms with Gasteiger partial charge >= 0.3 is 0 Å². The number of benzene rings is 1. The highest BCUT2D eigenvalue weighted by atomic mass is 16.5. The minimum Gasteiger partial charge on any atom is -0.486 e. The van der Waals surface area contributed by atoms with Crippen LogP contribution < -0.4 is 15.4 Å². The molecule has 1 heterocycles. The van der Waals surface area contributed by atoms with Gasteiger partial charge in [0, 0.05) is 13.0 Å². The zero-order valence-corrected chi connectivity index (χ0v) is 11.7. The minimum atomic E-state index is 0.0707. The molecule has 0 spiro atoms. The Morgan fingerprint density at radius 1 is 1.47 bits per heavy atom. The normalized spacial score (nSPS) is 17.8. The minimum absolute atomic E-state index is 0.0707. The molecule has 0 radical (unpaired) electrons. The molecule has 0 aliphatic carbocycles. The van der Waals surface area contributed by atoms with E-state index in [2.05, 4.69) is 6.92 Å². The van der Waals surface area contributed by atoms with Gasteiger partial charge in [-0.1, -0.05) is 19.9 Å². The van der Waals surface area contributed by atoms with E-state index >= 15 is 0 Å². The standard InChI is InChI=1S/C15H22N2O2/c1-3-5-15(18)17-10-12(4-2)19-14-8-11(9-16)6-7-13(14)17/h6-8,12H,3-5,9-10,16H2,1-2H3. The number of carbonyl (C=O) groups is 1. The molecule has 1 aromatic carbocycles. The Balaban J connectivity index is 2.34. The second kappa shape index (κ2) is 6.06. The van der Waals surface area contributed by atoms with Gasteiger partial charge in [0.2, 0.25) is 5.91 Å². The Morgan fingerprint density at radius 2 is 2.26 bits per heavy atom. The van der Waals surface area contributed by atoms with Crippen LogP contribution in [-0.2, 0) is 11.3 Å². The first-order chi connectivity index (χ1) is 9.19. The van der Waals surface area contributed by atoms with Crippen molar-refractivity contribution in [2.45, 2.75) is 45.8 Å². The van der Waals surface area contributed by atoms with Crippen LogP contribution in [0.2, 0.25) is 0 Å². The zero-order valence-electron chi connectivity index (χ0n) is 11.7. The lowest BCUT2D eigenvalue weighted by molar-refractivity contribution is -0.119. The molecule has 0 saturated heterocycles. The Morgan fingerprint density at radius 3 is 2.89 bits per heavy atom. The van der Waals surface area contributed by atoms with E-state index in [1.807, 2.05) is 30.0 Å². The van der Waals surface area contributed by atoms with Crippen LogP contribution >= 0.6 is 0 Å². The van der Waals surface area contributed by atoms with Gasteiger partial charge in [-0.2, -0.15) is 0 Å². The summed E-state index contributed by atoms with van der Waals surface area (Å²) in [5.41, 5.74) is 7.56. The summed E-state index contributed by atoms with van der Waals surface area (Å²) >= 11 is 0. The Labute approximate surface area is 114 Å². The van der Waals surface area contributed by atoms with Crippen molar-refractivity contribution in [2.24, 2.45) is 5.73 Å². The van der Waals surface area contributed by atoms with Gasteiger partial charge in [0.05, 0.1) is 12.2 Å². The summed E-state index contributed by atoms with van der Waals surface area (Å²) in [5.74, 6) is 0.955. The van der Waals surface area contributed by atoms with Gasteiger partial charge in [0.15, 0.2) is 0 Å². The summed E-state index contributed by atoms with van der Waals surface area (Å²) in [5, 5.41) is 0. The van der Waals surface area contributed by atoms with E-state index in [9.17, 15) is 4.79 Å². The van der Waals surface area contributed by atoms with Gasteiger partial charge in [-0.3, -0.25) is 4.79 Å². The van der Waals surface area contributed by atoms with Crippen LogP contribution in [0.3, 0.4) is 0 Å². The van der Waals surface area contributed by atoms with Gasteiger partial charge in [-0.05, 0) is 30.5 Å². The third kappa shape index (κ3) is 2.89. The predicted molar refractivity (Wildman–Crippen MR) is 76.3 cm³/mol. The van der Waals surface area contributed by atoms with Crippen LogP contribution in [0, 0.1) is 0 Å². The fourth-order valence-electron chi connectivity index (χ4n) is 2.32. The molecule has 1 aliphatic heterocycles. The van der Waals surface area contributed by atoms with Crippen LogP contribution in [-0.4, -0.2) is 18.6 Å². The first-order valence-electron chi connectivity index (χ1n) is 6.99. The lowest BCUT2D eigenvalue weighted by Gasteiger charge is -2.35. The summed E-state index contributed by atoms with van der Waals surface area (Å²) in [6, 6.07) is 5.85. The van der Waals surface area contributed by atoms with Gasteiger partial charge in [-0.25, -0.2) is 0 Å². The Bertz CT molecular complexity index is 459. The number of nitrogens with zero attached hydrogens (tertiary/aromatic N) is 1. The summed E-state index contributed by atoms with van der Waals surface area (Å²) in [6.45, 7) is 5.22. The first-order valence-corrected chi connectivity index (χ1v) is 6.99. The number of fused-ring (bicyclic) bond motifs is 1. The van der Waals surface area contributed by atoms with Crippen molar-refractivity contribution in [3.63, 3.8) is 0 Å². The van der Waals surface area contributed by atoms with Crippen LogP contribution in [0.4, 0.5) is 5.69 Å². The largest absolute Gasteiger partial charge is 0.486 e. The van der Waals surface area contributed by atoms with E-state index in [0.29, 0.717) is 19.5 Å². The second-order valence-corrected chi connectivity index (χ2v) is 4.91. The van der Waals surface area contributed by atoms with Gasteiger partial charge < -0.3 is 15.4 Å². The number of amides is 1. The first kappa shape index (κ1) is 13.9. The molecule has 0 aromatic heterocycles. The van der Waals surface area contributed by atoms with Crippen LogP contribution in [0.25, 0.3) is 0 Å². The molecule has 0 saturated carbocycles. The number of anilines is 1. The monoisotopic (exact) mass is 262 g/mol. The SMILES string of the molecule is CCCC(=O)N1CC(CC)Oc2cc(CN)ccc21. The molecular weight excluding hydrogens is 240 g/mol. The third-order valence-corrected chi connectivity index (χ3v) is 3.45. The number of carbonyl (C=O) groups excluding carboxylic acids is 1. The van der Waals surface area contributed by atoms with Gasteiger partial charge in [0.1, 0.15) is 11.9 Å². The summed E-state index contributed by atoms with van der Waals surface area (Å²) in [7, 11) is 0. The highest BCUT2D eigenvalue weighted by Gasteiger charge is 2.28. The molecule has 1 aromatic rings. The number of rotatable bonds is 4. The number of nitrogens with two attached hydrogens (primary N) is 1. The van der Waals surface area contributed by atoms with Crippen LogP contribution in [0.5, 0.6) is 5.75 Å². The van der Waals surface area contributed by atoms with Crippen molar-refractivity contribution >= 4 is 11.6 Å². The second-order valence-electron chi connectivity index (χ2n) is 4.91. The maximum absolute atomic E-state index is 12.2. The Kier molecular flexibility index (Phi) is 4.43. The van der Waals surface area contributed by atoms with E-state index in [1.165, 1.54) is 0 Å². The number of hydrogen-bond acceptors (Lipinski definition) is 3. The molecular formula is C15H22N2O2. The highest BCUT2D eigenvalue weighted by molar-refractivity contribution is 5.95. The lowest BCUT2D eigenvalue weighted by Crippen LogP contribution is -2.43. The van der Waals surface area contributed by atoms with Crippen molar-refractivity contribution in [3.8, 4) is 5.75 Å². The van der Waals surface area contributed by atoms with E-state index in [1.54, 1.807) is 0 Å². The molecule has 0 fully saturated rings. The molecule has 4 nitrogen and oxygen atoms in total. The summed E-state index contributed by atoms with van der Waals surface area (Å²) in [6.07, 6.45) is 2.40. The average molecular weight is 262 g/mol. The third-order valence-electron chi connectivity index (χ3n) is 3.45. The van der Waals surface area contributed by atoms with E-state index in [4.69, 9.17) is 10.5 Å². The van der Waals surface area contributed by atoms with Crippen molar-refractivity contribution in [1.82, 2.24) is 0 Å². The maximum Gasteiger partial charge on any atom is 0.227 e. The van der Waals surface area contributed by atoms with E-state index < -0.39 is 0 Å². The smallest absolute Gasteiger partial charge is 0.227 e. The van der Waals surface area contributed by atoms with Crippen molar-refractivity contribution in [3.05, 3.63) is 23.8 Å². The fraction of sp³-hybridized carbons (Fsp3) is 0.533. The molecule has 4 heteroatoms. The summed E-state index contributed by atoms with van der Waals surface area (Å²) in [4.78, 5) is 14.1. The van der Waals surface area contributed by atoms with Crippen molar-refractivity contribution in [2.75, 3.05) is 11.4 Å². The van der Waals surface area contributed by atoms with Crippen LogP contribution in [0.1, 0.15) is 38.7 Å². The molecule has 1 aliphatic rings. The molecule has 104 valence electrons. The maximum atomic E-state index is 12.2. The molecule has 0 bridgehead atoms. The number of ether oxygens (including phenoxy) is 1. The van der Waals surface area contributed by atoms with Crippen molar-refractivity contribution in [1.29, 1.82) is 0 Å². The topological polar surface area (TPSA) is 55.6 Å². The fourth-order valence-corrected chi connectivity index (χ4v) is 2.32. The molecule has 2 rings (SSSR count). The van der Waals surface area contributed by atoms with Crippen LogP contribution in [0.15, 0.2) is 18.2 Å². The average Bonchev–Trinajstić information content (AvgIpc) is 2.45.